The van der Waals surface area contributed by atoms with Crippen LogP contribution in [0.1, 0.15) is 58.5 Å². The highest BCUT2D eigenvalue weighted by molar-refractivity contribution is 7.20. The van der Waals surface area contributed by atoms with Gasteiger partial charge in [-0.15, -0.1) is 11.3 Å². The van der Waals surface area contributed by atoms with Crippen molar-refractivity contribution in [2.24, 2.45) is 0 Å². The number of aromatic nitrogens is 2. The van der Waals surface area contributed by atoms with E-state index < -0.39 is 5.97 Å². The number of ether oxygens (including phenoxy) is 1. The highest BCUT2D eigenvalue weighted by Gasteiger charge is 2.24. The van der Waals surface area contributed by atoms with Crippen LogP contribution in [-0.4, -0.2) is 27.5 Å². The van der Waals surface area contributed by atoms with Crippen molar-refractivity contribution in [3.05, 3.63) is 56.4 Å². The molecule has 4 rings (SSSR count). The Morgan fingerprint density at radius 3 is 2.50 bits per heavy atom. The number of amides is 1. The van der Waals surface area contributed by atoms with Crippen LogP contribution in [0, 0.1) is 20.8 Å². The number of nitrogens with one attached hydrogen (secondary N) is 1. The summed E-state index contributed by atoms with van der Waals surface area (Å²) in [6.45, 7) is 5.49. The number of carbonyl (C=O) groups is 2. The minimum atomic E-state index is -0.393. The van der Waals surface area contributed by atoms with Gasteiger partial charge in [-0.2, -0.15) is 0 Å². The van der Waals surface area contributed by atoms with Crippen molar-refractivity contribution in [2.45, 2.75) is 65.5 Å². The maximum absolute atomic E-state index is 13.1. The lowest BCUT2D eigenvalue weighted by Crippen LogP contribution is -2.28. The van der Waals surface area contributed by atoms with Crippen molar-refractivity contribution in [2.75, 3.05) is 5.32 Å². The second-order valence-electron chi connectivity index (χ2n) is 8.50. The number of carbonyl (C=O) groups excluding carboxylic acids is 2. The van der Waals surface area contributed by atoms with Crippen molar-refractivity contribution in [1.29, 1.82) is 0 Å². The number of esters is 1. The fraction of sp³-hybridized carbons (Fsp3) is 0.417. The van der Waals surface area contributed by atoms with Gasteiger partial charge in [0.05, 0.1) is 11.7 Å². The van der Waals surface area contributed by atoms with Crippen molar-refractivity contribution >= 4 is 39.1 Å². The van der Waals surface area contributed by atoms with E-state index in [2.05, 4.69) is 10.3 Å². The van der Waals surface area contributed by atoms with Crippen molar-refractivity contribution in [1.82, 2.24) is 9.55 Å². The molecule has 1 amide bonds. The molecule has 0 aliphatic heterocycles. The zero-order valence-corrected chi connectivity index (χ0v) is 19.4. The van der Waals surface area contributed by atoms with E-state index in [-0.39, 0.29) is 24.1 Å². The summed E-state index contributed by atoms with van der Waals surface area (Å²) in [7, 11) is 0. The number of fused-ring (bicyclic) bond motifs is 1. The maximum atomic E-state index is 13.1. The van der Waals surface area contributed by atoms with E-state index in [0.717, 1.165) is 36.8 Å². The molecule has 2 heterocycles. The first-order valence-electron chi connectivity index (χ1n) is 10.9. The molecule has 1 aromatic carbocycles. The summed E-state index contributed by atoms with van der Waals surface area (Å²) in [5.74, 6) is -0.709. The molecule has 168 valence electrons. The summed E-state index contributed by atoms with van der Waals surface area (Å²) >= 11 is 1.17. The summed E-state index contributed by atoms with van der Waals surface area (Å²) in [6, 6.07) is 5.78. The quantitative estimate of drug-likeness (QED) is 0.574. The van der Waals surface area contributed by atoms with Gasteiger partial charge in [0, 0.05) is 5.69 Å². The predicted molar refractivity (Wildman–Crippen MR) is 125 cm³/mol. The van der Waals surface area contributed by atoms with E-state index in [1.807, 2.05) is 32.0 Å². The van der Waals surface area contributed by atoms with Crippen LogP contribution < -0.4 is 10.9 Å². The first-order chi connectivity index (χ1) is 15.3. The molecular formula is C24H27N3O4S. The minimum absolute atomic E-state index is 0.0561. The van der Waals surface area contributed by atoms with E-state index >= 15 is 0 Å². The minimum Gasteiger partial charge on any atom is -0.458 e. The van der Waals surface area contributed by atoms with Crippen LogP contribution in [-0.2, 0) is 16.1 Å². The molecule has 0 unspecified atom stereocenters. The first kappa shape index (κ1) is 22.2. The molecule has 0 radical (unpaired) electrons. The average molecular weight is 454 g/mol. The Morgan fingerprint density at radius 2 is 1.81 bits per heavy atom. The molecule has 8 heteroatoms. The molecular weight excluding hydrogens is 426 g/mol. The van der Waals surface area contributed by atoms with Gasteiger partial charge in [-0.1, -0.05) is 12.5 Å². The molecule has 3 aromatic rings. The number of aryl methyl sites for hydroxylation is 3. The molecule has 0 atom stereocenters. The maximum Gasteiger partial charge on any atom is 0.348 e. The lowest BCUT2D eigenvalue weighted by molar-refractivity contribution is -0.116. The highest BCUT2D eigenvalue weighted by Crippen LogP contribution is 2.29. The van der Waals surface area contributed by atoms with Gasteiger partial charge in [0.2, 0.25) is 5.91 Å². The number of hydrogen-bond acceptors (Lipinski definition) is 6. The zero-order chi connectivity index (χ0) is 22.8. The van der Waals surface area contributed by atoms with Gasteiger partial charge in [-0.05, 0) is 75.3 Å². The average Bonchev–Trinajstić information content (AvgIpc) is 3.07. The van der Waals surface area contributed by atoms with Gasteiger partial charge >= 0.3 is 5.97 Å². The molecule has 2 aromatic heterocycles. The van der Waals surface area contributed by atoms with Crippen molar-refractivity contribution in [3.63, 3.8) is 0 Å². The largest absolute Gasteiger partial charge is 0.458 e. The Kier molecular flexibility index (Phi) is 6.41. The Hall–Kier alpha value is -3.00. The van der Waals surface area contributed by atoms with Crippen LogP contribution in [0.3, 0.4) is 0 Å². The fourth-order valence-corrected chi connectivity index (χ4v) is 5.28. The Labute approximate surface area is 190 Å². The summed E-state index contributed by atoms with van der Waals surface area (Å²) in [5.41, 5.74) is 3.00. The lowest BCUT2D eigenvalue weighted by Gasteiger charge is -2.21. The second kappa shape index (κ2) is 9.24. The van der Waals surface area contributed by atoms with Gasteiger partial charge in [0.25, 0.3) is 5.56 Å². The van der Waals surface area contributed by atoms with Gasteiger partial charge in [0.1, 0.15) is 22.4 Å². The van der Waals surface area contributed by atoms with Crippen LogP contribution in [0.5, 0.6) is 0 Å². The third-order valence-electron chi connectivity index (χ3n) is 5.75. The number of anilines is 1. The number of hydrogen-bond donors (Lipinski definition) is 1. The van der Waals surface area contributed by atoms with Gasteiger partial charge < -0.3 is 10.1 Å². The van der Waals surface area contributed by atoms with E-state index in [1.54, 1.807) is 6.92 Å². The highest BCUT2D eigenvalue weighted by atomic mass is 32.1. The number of thiophene rings is 1. The molecule has 1 saturated carbocycles. The number of rotatable bonds is 5. The van der Waals surface area contributed by atoms with Crippen LogP contribution >= 0.6 is 11.3 Å². The lowest BCUT2D eigenvalue weighted by atomic mass is 9.98. The predicted octanol–water partition coefficient (Wildman–Crippen LogP) is 4.51. The second-order valence-corrected chi connectivity index (χ2v) is 9.50. The summed E-state index contributed by atoms with van der Waals surface area (Å²) in [6.07, 6.45) is 6.39. The molecule has 1 fully saturated rings. The first-order valence-corrected chi connectivity index (χ1v) is 11.7. The molecule has 1 aliphatic rings. The van der Waals surface area contributed by atoms with Crippen molar-refractivity contribution < 1.29 is 14.3 Å². The smallest absolute Gasteiger partial charge is 0.348 e. The summed E-state index contributed by atoms with van der Waals surface area (Å²) in [5, 5.41) is 3.20. The van der Waals surface area contributed by atoms with Gasteiger partial charge in [-0.25, -0.2) is 9.78 Å². The molecule has 0 saturated heterocycles. The standard InChI is InChI=1S/C24H27N3O4S/c1-14-9-15(2)11-17(10-14)26-19(28)12-27-13-25-22-20(23(27)29)16(3)21(32-22)24(30)31-18-7-5-4-6-8-18/h9-11,13,18H,4-8,12H2,1-3H3,(H,26,28). The fourth-order valence-electron chi connectivity index (χ4n) is 4.26. The van der Waals surface area contributed by atoms with E-state index in [4.69, 9.17) is 4.74 Å². The molecule has 0 bridgehead atoms. The van der Waals surface area contributed by atoms with Crippen LogP contribution in [0.15, 0.2) is 29.3 Å². The monoisotopic (exact) mass is 453 g/mol. The van der Waals surface area contributed by atoms with E-state index in [1.165, 1.54) is 28.7 Å². The Bertz CT molecular complexity index is 1220. The van der Waals surface area contributed by atoms with E-state index in [9.17, 15) is 14.4 Å². The van der Waals surface area contributed by atoms with Crippen LogP contribution in [0.4, 0.5) is 5.69 Å². The third-order valence-corrected chi connectivity index (χ3v) is 6.93. The molecule has 1 aliphatic carbocycles. The normalized spacial score (nSPS) is 14.5. The summed E-state index contributed by atoms with van der Waals surface area (Å²) in [4.78, 5) is 43.6. The van der Waals surface area contributed by atoms with Crippen LogP contribution in [0.2, 0.25) is 0 Å². The van der Waals surface area contributed by atoms with Gasteiger partial charge in [-0.3, -0.25) is 14.2 Å². The number of benzene rings is 1. The van der Waals surface area contributed by atoms with Crippen LogP contribution in [0.25, 0.3) is 10.2 Å². The third kappa shape index (κ3) is 4.75. The Balaban J connectivity index is 1.54. The zero-order valence-electron chi connectivity index (χ0n) is 18.6. The Morgan fingerprint density at radius 1 is 1.12 bits per heavy atom. The molecule has 0 spiro atoms. The summed E-state index contributed by atoms with van der Waals surface area (Å²) < 4.78 is 6.95. The topological polar surface area (TPSA) is 90.3 Å². The molecule has 7 nitrogen and oxygen atoms in total. The number of nitrogens with zero attached hydrogens (tertiary/aromatic N) is 2. The van der Waals surface area contributed by atoms with Gasteiger partial charge in [0.15, 0.2) is 0 Å². The van der Waals surface area contributed by atoms with E-state index in [0.29, 0.717) is 26.3 Å². The SMILES string of the molecule is Cc1cc(C)cc(NC(=O)Cn2cnc3sc(C(=O)OC4CCCCC4)c(C)c3c2=O)c1. The van der Waals surface area contributed by atoms with Crippen molar-refractivity contribution in [3.8, 4) is 0 Å². The molecule has 1 N–H and O–H groups in total. The molecule has 32 heavy (non-hydrogen) atoms.